The summed E-state index contributed by atoms with van der Waals surface area (Å²) < 4.78 is 15.0. The highest BCUT2D eigenvalue weighted by atomic mass is 19.1. The van der Waals surface area contributed by atoms with Crippen molar-refractivity contribution in [3.05, 3.63) is 30.0 Å². The van der Waals surface area contributed by atoms with Crippen molar-refractivity contribution in [1.29, 1.82) is 0 Å². The lowest BCUT2D eigenvalue weighted by Gasteiger charge is -2.06. The molecule has 0 radical (unpaired) electrons. The predicted octanol–water partition coefficient (Wildman–Crippen LogP) is 1.93. The summed E-state index contributed by atoms with van der Waals surface area (Å²) in [5.41, 5.74) is 0.950. The lowest BCUT2D eigenvalue weighted by molar-refractivity contribution is 0.593. The summed E-state index contributed by atoms with van der Waals surface area (Å²) in [7, 11) is 0. The molecule has 0 atom stereocenters. The minimum Gasteiger partial charge on any atom is -0.354 e. The van der Waals surface area contributed by atoms with Gasteiger partial charge in [0.1, 0.15) is 0 Å². The van der Waals surface area contributed by atoms with Crippen LogP contribution < -0.4 is 5.32 Å². The van der Waals surface area contributed by atoms with Gasteiger partial charge in [-0.15, -0.1) is 0 Å². The van der Waals surface area contributed by atoms with Gasteiger partial charge in [-0.25, -0.2) is 14.1 Å². The molecule has 2 heterocycles. The molecule has 0 spiro atoms. The van der Waals surface area contributed by atoms with Crippen molar-refractivity contribution in [2.75, 3.05) is 11.9 Å². The highest BCUT2D eigenvalue weighted by Gasteiger charge is 2.09. The first-order chi connectivity index (χ1) is 8.20. The van der Waals surface area contributed by atoms with Crippen molar-refractivity contribution in [2.24, 2.45) is 0 Å². The minimum absolute atomic E-state index is 0.159. The summed E-state index contributed by atoms with van der Waals surface area (Å²) in [6.45, 7) is 4.68. The van der Waals surface area contributed by atoms with Crippen LogP contribution in [0.2, 0.25) is 0 Å². The van der Waals surface area contributed by atoms with E-state index in [1.165, 1.54) is 4.68 Å². The van der Waals surface area contributed by atoms with Crippen LogP contribution in [0.4, 0.5) is 10.3 Å². The molecule has 6 heteroatoms. The third-order valence-electron chi connectivity index (χ3n) is 2.19. The Bertz CT molecular complexity index is 508. The Morgan fingerprint density at radius 3 is 2.88 bits per heavy atom. The Morgan fingerprint density at radius 1 is 1.41 bits per heavy atom. The number of hydrogen-bond donors (Lipinski definition) is 1. The van der Waals surface area contributed by atoms with E-state index in [1.54, 1.807) is 12.4 Å². The molecule has 5 nitrogen and oxygen atoms in total. The van der Waals surface area contributed by atoms with E-state index in [0.29, 0.717) is 5.95 Å². The van der Waals surface area contributed by atoms with E-state index >= 15 is 0 Å². The second kappa shape index (κ2) is 4.90. The molecule has 90 valence electrons. The molecule has 0 saturated heterocycles. The van der Waals surface area contributed by atoms with Gasteiger partial charge in [0.05, 0.1) is 12.4 Å². The van der Waals surface area contributed by atoms with Gasteiger partial charge in [-0.3, -0.25) is 0 Å². The van der Waals surface area contributed by atoms with Gasteiger partial charge in [-0.2, -0.15) is 10.1 Å². The van der Waals surface area contributed by atoms with E-state index in [0.717, 1.165) is 24.7 Å². The largest absolute Gasteiger partial charge is 0.354 e. The topological polar surface area (TPSA) is 55.6 Å². The maximum absolute atomic E-state index is 13.6. The molecule has 0 aromatic carbocycles. The Balaban J connectivity index is 2.32. The van der Waals surface area contributed by atoms with Crippen LogP contribution in [0.1, 0.15) is 18.9 Å². The van der Waals surface area contributed by atoms with Crippen molar-refractivity contribution >= 4 is 5.95 Å². The van der Waals surface area contributed by atoms with Crippen LogP contribution in [0.5, 0.6) is 0 Å². The van der Waals surface area contributed by atoms with Crippen LogP contribution in [0.15, 0.2) is 18.6 Å². The van der Waals surface area contributed by atoms with Gasteiger partial charge in [0.2, 0.25) is 5.95 Å². The Morgan fingerprint density at radius 2 is 2.24 bits per heavy atom. The lowest BCUT2D eigenvalue weighted by Crippen LogP contribution is -2.09. The average Bonchev–Trinajstić information content (AvgIpc) is 2.75. The van der Waals surface area contributed by atoms with Crippen molar-refractivity contribution < 1.29 is 4.39 Å². The quantitative estimate of drug-likeness (QED) is 0.879. The second-order valence-electron chi connectivity index (χ2n) is 3.75. The third kappa shape index (κ3) is 2.58. The maximum atomic E-state index is 13.6. The third-order valence-corrected chi connectivity index (χ3v) is 2.19. The van der Waals surface area contributed by atoms with E-state index in [1.807, 2.05) is 13.8 Å². The maximum Gasteiger partial charge on any atom is 0.224 e. The summed E-state index contributed by atoms with van der Waals surface area (Å²) in [5.74, 6) is 0.0817. The fraction of sp³-hybridized carbons (Fsp3) is 0.364. The van der Waals surface area contributed by atoms with E-state index in [2.05, 4.69) is 20.4 Å². The van der Waals surface area contributed by atoms with Gasteiger partial charge in [-0.1, -0.05) is 6.92 Å². The van der Waals surface area contributed by atoms with E-state index in [-0.39, 0.29) is 5.82 Å². The zero-order chi connectivity index (χ0) is 12.3. The molecule has 0 aliphatic rings. The van der Waals surface area contributed by atoms with Crippen LogP contribution in [0.25, 0.3) is 5.82 Å². The van der Waals surface area contributed by atoms with Gasteiger partial charge in [0, 0.05) is 12.7 Å². The number of nitrogens with one attached hydrogen (secondary N) is 1. The van der Waals surface area contributed by atoms with E-state index < -0.39 is 5.82 Å². The number of halogens is 1. The molecule has 0 fully saturated rings. The van der Waals surface area contributed by atoms with Crippen LogP contribution >= 0.6 is 0 Å². The molecule has 0 saturated carbocycles. The van der Waals surface area contributed by atoms with Crippen molar-refractivity contribution in [2.45, 2.75) is 20.3 Å². The molecule has 1 N–H and O–H groups in total. The molecule has 2 rings (SSSR count). The summed E-state index contributed by atoms with van der Waals surface area (Å²) in [6, 6.07) is 0. The van der Waals surface area contributed by atoms with Gasteiger partial charge in [0.25, 0.3) is 0 Å². The Hall–Kier alpha value is -1.98. The Labute approximate surface area is 98.7 Å². The number of nitrogens with zero attached hydrogens (tertiary/aromatic N) is 4. The fourth-order valence-electron chi connectivity index (χ4n) is 1.37. The fourth-order valence-corrected chi connectivity index (χ4v) is 1.37. The van der Waals surface area contributed by atoms with Gasteiger partial charge < -0.3 is 5.32 Å². The van der Waals surface area contributed by atoms with Gasteiger partial charge >= 0.3 is 0 Å². The summed E-state index contributed by atoms with van der Waals surface area (Å²) in [6.07, 6.45) is 5.48. The first-order valence-electron chi connectivity index (χ1n) is 5.48. The van der Waals surface area contributed by atoms with Crippen molar-refractivity contribution in [3.63, 3.8) is 0 Å². The van der Waals surface area contributed by atoms with Gasteiger partial charge in [-0.05, 0) is 18.9 Å². The smallest absolute Gasteiger partial charge is 0.224 e. The summed E-state index contributed by atoms with van der Waals surface area (Å²) >= 11 is 0. The highest BCUT2D eigenvalue weighted by molar-refractivity contribution is 5.32. The first-order valence-corrected chi connectivity index (χ1v) is 5.48. The molecule has 17 heavy (non-hydrogen) atoms. The summed E-state index contributed by atoms with van der Waals surface area (Å²) in [5, 5.41) is 7.04. The number of hydrogen-bond acceptors (Lipinski definition) is 4. The molecule has 0 aliphatic carbocycles. The monoisotopic (exact) mass is 235 g/mol. The van der Waals surface area contributed by atoms with Gasteiger partial charge in [0.15, 0.2) is 11.6 Å². The van der Waals surface area contributed by atoms with Crippen LogP contribution in [0.3, 0.4) is 0 Å². The van der Waals surface area contributed by atoms with E-state index in [4.69, 9.17) is 0 Å². The molecule has 0 bridgehead atoms. The van der Waals surface area contributed by atoms with Crippen molar-refractivity contribution in [1.82, 2.24) is 19.7 Å². The zero-order valence-corrected chi connectivity index (χ0v) is 9.81. The van der Waals surface area contributed by atoms with Crippen molar-refractivity contribution in [3.8, 4) is 5.82 Å². The molecule has 0 aliphatic heterocycles. The molecular weight excluding hydrogens is 221 g/mol. The second-order valence-corrected chi connectivity index (χ2v) is 3.75. The molecular formula is C11H14FN5. The molecule has 0 amide bonds. The molecule has 2 aromatic rings. The minimum atomic E-state index is -0.491. The number of aromatic nitrogens is 4. The van der Waals surface area contributed by atoms with Crippen LogP contribution in [-0.2, 0) is 0 Å². The SMILES string of the molecule is CCCNc1ncc(F)c(-n2cc(C)cn2)n1. The number of aryl methyl sites for hydroxylation is 1. The Kier molecular flexibility index (Phi) is 3.32. The normalized spacial score (nSPS) is 10.5. The average molecular weight is 235 g/mol. The standard InChI is InChI=1S/C11H14FN5/c1-3-4-13-11-14-6-9(12)10(16-11)17-7-8(2)5-15-17/h5-7H,3-4H2,1-2H3,(H,13,14,16). The predicted molar refractivity (Wildman–Crippen MR) is 62.6 cm³/mol. The zero-order valence-electron chi connectivity index (χ0n) is 9.81. The van der Waals surface area contributed by atoms with Crippen LogP contribution in [-0.4, -0.2) is 26.3 Å². The number of rotatable bonds is 4. The summed E-state index contributed by atoms with van der Waals surface area (Å²) in [4.78, 5) is 7.97. The number of anilines is 1. The first kappa shape index (κ1) is 11.5. The van der Waals surface area contributed by atoms with Crippen LogP contribution in [0, 0.1) is 12.7 Å². The highest BCUT2D eigenvalue weighted by Crippen LogP contribution is 2.11. The molecule has 2 aromatic heterocycles. The van der Waals surface area contributed by atoms with E-state index in [9.17, 15) is 4.39 Å². The molecule has 0 unspecified atom stereocenters. The lowest BCUT2D eigenvalue weighted by atomic mass is 10.4.